The molecule has 8 N–H and O–H groups in total. The van der Waals surface area contributed by atoms with Crippen molar-refractivity contribution in [2.45, 2.75) is 46.3 Å². The van der Waals surface area contributed by atoms with Crippen molar-refractivity contribution in [2.24, 2.45) is 52.7 Å². The molecule has 4 aromatic carbocycles. The highest BCUT2D eigenvalue weighted by atomic mass is 32.2. The third-order valence-electron chi connectivity index (χ3n) is 10.9. The number of hydrogen-bond acceptors (Lipinski definition) is 24. The van der Waals surface area contributed by atoms with Gasteiger partial charge in [0.2, 0.25) is 17.8 Å². The molecule has 34 heteroatoms. The topological polar surface area (TPSA) is 457 Å². The highest BCUT2D eigenvalue weighted by molar-refractivity contribution is 7.86. The average molecular weight is 1160 g/mol. The van der Waals surface area contributed by atoms with Crippen molar-refractivity contribution in [2.75, 3.05) is 28.6 Å². The van der Waals surface area contributed by atoms with Gasteiger partial charge in [-0.25, -0.2) is 0 Å². The standard InChI is InChI=1S/C45H42N14O16S4/c1-25-19-29(7-15-35(25)55-57-37-17-9-31(21-39(37)78(70,71)72)53-51-27-3-11-33(12-4-27)76(64,65)66)46-43-48-44(50-45(49-43)59(23-41(60)61)24-42(62)63)47-30-8-16-36(26(2)20-30)56-58-38-18-10-32(22-40(38)79(73,74)75)54-52-28-5-13-34(14-6-28)77(67,68)69/h3-18,21-22,25-26H,19-20,23-24H2,1-2H3,(H,60,61)(H,62,63)(H,64,65,66)(H,67,68,69)(H,70,71,72)(H,73,74,75)(H2,46,47,48,49,50). The number of carboxylic acids is 2. The van der Waals surface area contributed by atoms with Gasteiger partial charge < -0.3 is 25.7 Å². The second kappa shape index (κ2) is 23.9. The average Bonchev–Trinajstić information content (AvgIpc) is 3.38. The zero-order valence-corrected chi connectivity index (χ0v) is 43.9. The van der Waals surface area contributed by atoms with E-state index in [-0.39, 0.29) is 74.6 Å². The molecule has 5 aromatic rings. The summed E-state index contributed by atoms with van der Waals surface area (Å²) in [6.45, 7) is 1.91. The molecular weight excluding hydrogens is 1120 g/mol. The van der Waals surface area contributed by atoms with E-state index in [9.17, 15) is 71.7 Å². The number of rotatable bonds is 21. The van der Waals surface area contributed by atoms with Crippen molar-refractivity contribution in [1.82, 2.24) is 15.0 Å². The van der Waals surface area contributed by atoms with Crippen LogP contribution < -0.4 is 15.5 Å². The van der Waals surface area contributed by atoms with Gasteiger partial charge in [0, 0.05) is 23.2 Å². The lowest BCUT2D eigenvalue weighted by atomic mass is 9.97. The first-order chi connectivity index (χ1) is 37.1. The van der Waals surface area contributed by atoms with Gasteiger partial charge in [0.1, 0.15) is 34.3 Å². The number of aromatic nitrogens is 3. The Kier molecular flexibility index (Phi) is 17.5. The van der Waals surface area contributed by atoms with Crippen LogP contribution >= 0.6 is 0 Å². The molecular formula is C45H42N14O16S4. The zero-order chi connectivity index (χ0) is 57.5. The van der Waals surface area contributed by atoms with Gasteiger partial charge in [0.15, 0.2) is 0 Å². The van der Waals surface area contributed by atoms with Crippen molar-refractivity contribution in [1.29, 1.82) is 0 Å². The maximum atomic E-state index is 12.4. The number of nitrogens with one attached hydrogen (secondary N) is 2. The molecule has 2 atom stereocenters. The molecule has 2 aliphatic carbocycles. The molecule has 79 heavy (non-hydrogen) atoms. The van der Waals surface area contributed by atoms with Gasteiger partial charge >= 0.3 is 11.9 Å². The van der Waals surface area contributed by atoms with Crippen LogP contribution in [0.5, 0.6) is 0 Å². The number of carboxylic acid groups (broad SMARTS) is 2. The fourth-order valence-corrected chi connectivity index (χ4v) is 9.36. The number of benzene rings is 4. The molecule has 0 amide bonds. The number of nitrogens with zero attached hydrogens (tertiary/aromatic N) is 12. The van der Waals surface area contributed by atoms with E-state index >= 15 is 0 Å². The lowest BCUT2D eigenvalue weighted by Crippen LogP contribution is -2.36. The quantitative estimate of drug-likeness (QED) is 0.0251. The lowest BCUT2D eigenvalue weighted by molar-refractivity contribution is -0.136. The molecule has 0 saturated carbocycles. The highest BCUT2D eigenvalue weighted by Gasteiger charge is 2.25. The maximum Gasteiger partial charge on any atom is 0.323 e. The molecule has 0 saturated heterocycles. The number of hydrogen-bond donors (Lipinski definition) is 8. The number of azo groups is 4. The number of aliphatic carboxylic acids is 2. The van der Waals surface area contributed by atoms with Crippen molar-refractivity contribution in [3.8, 4) is 0 Å². The maximum absolute atomic E-state index is 12.4. The summed E-state index contributed by atoms with van der Waals surface area (Å²) in [5, 5.41) is 57.6. The zero-order valence-electron chi connectivity index (χ0n) is 40.6. The van der Waals surface area contributed by atoms with Gasteiger partial charge in [-0.1, -0.05) is 13.8 Å². The van der Waals surface area contributed by atoms with E-state index in [1.165, 1.54) is 48.5 Å². The summed E-state index contributed by atoms with van der Waals surface area (Å²) >= 11 is 0. The van der Waals surface area contributed by atoms with Crippen molar-refractivity contribution in [3.63, 3.8) is 0 Å². The van der Waals surface area contributed by atoms with Crippen molar-refractivity contribution in [3.05, 3.63) is 132 Å². The van der Waals surface area contributed by atoms with Crippen LogP contribution in [0.3, 0.4) is 0 Å². The van der Waals surface area contributed by atoms with Crippen LogP contribution in [-0.2, 0) is 50.1 Å². The van der Waals surface area contributed by atoms with Gasteiger partial charge in [0.05, 0.1) is 43.9 Å². The van der Waals surface area contributed by atoms with Crippen LogP contribution in [0.4, 0.5) is 52.0 Å². The Morgan fingerprint density at radius 2 is 0.848 bits per heavy atom. The molecule has 0 radical (unpaired) electrons. The number of allylic oxidation sites excluding steroid dienone is 8. The summed E-state index contributed by atoms with van der Waals surface area (Å²) in [6.07, 6.45) is 6.71. The predicted molar refractivity (Wildman–Crippen MR) is 277 cm³/mol. The summed E-state index contributed by atoms with van der Waals surface area (Å²) < 4.78 is 133. The lowest BCUT2D eigenvalue weighted by Gasteiger charge is -2.23. The Morgan fingerprint density at radius 1 is 0.494 bits per heavy atom. The Morgan fingerprint density at radius 3 is 1.18 bits per heavy atom. The summed E-state index contributed by atoms with van der Waals surface area (Å²) in [6, 6.07) is 16.4. The van der Waals surface area contributed by atoms with Crippen molar-refractivity contribution < 1.29 is 71.7 Å². The molecule has 7 rings (SSSR count). The number of anilines is 3. The highest BCUT2D eigenvalue weighted by Crippen LogP contribution is 2.35. The van der Waals surface area contributed by atoms with Gasteiger partial charge in [-0.15, -0.1) is 10.2 Å². The molecule has 0 spiro atoms. The summed E-state index contributed by atoms with van der Waals surface area (Å²) in [5.74, 6) is -4.19. The SMILES string of the molecule is CC1CC(Nc2nc(NC3=CC=C(N=Nc4ccc(N=Nc5ccc(S(=O)(=O)O)cc5)cc4S(=O)(=O)O)C(C)C3)nc(N(CC(=O)O)CC(=O)O)n2)=CC=C1N=Nc1ccc(N=Nc2ccc(S(=O)(=O)O)cc2)cc1S(=O)(=O)O. The van der Waals surface area contributed by atoms with Crippen LogP contribution in [0.25, 0.3) is 0 Å². The van der Waals surface area contributed by atoms with Crippen LogP contribution in [0.1, 0.15) is 26.7 Å². The molecule has 1 heterocycles. The predicted octanol–water partition coefficient (Wildman–Crippen LogP) is 8.67. The Hall–Kier alpha value is -8.77. The number of carbonyl (C=O) groups is 2. The molecule has 2 aliphatic rings. The van der Waals surface area contributed by atoms with Crippen LogP contribution in [0.15, 0.2) is 193 Å². The van der Waals surface area contributed by atoms with E-state index in [1.807, 2.05) is 0 Å². The van der Waals surface area contributed by atoms with E-state index in [4.69, 9.17) is 0 Å². The second-order valence-corrected chi connectivity index (χ2v) is 22.6. The molecule has 30 nitrogen and oxygen atoms in total. The van der Waals surface area contributed by atoms with E-state index in [1.54, 1.807) is 38.2 Å². The second-order valence-electron chi connectivity index (χ2n) is 16.9. The van der Waals surface area contributed by atoms with E-state index in [0.717, 1.165) is 41.3 Å². The normalized spacial score (nSPS) is 16.4. The van der Waals surface area contributed by atoms with Crippen molar-refractivity contribution >= 4 is 104 Å². The van der Waals surface area contributed by atoms with Gasteiger partial charge in [0.25, 0.3) is 40.5 Å². The van der Waals surface area contributed by atoms with Crippen LogP contribution in [-0.4, -0.2) is 102 Å². The molecule has 0 aliphatic heterocycles. The van der Waals surface area contributed by atoms with E-state index < -0.39 is 87.1 Å². The summed E-state index contributed by atoms with van der Waals surface area (Å²) in [5.41, 5.74) is 1.46. The fourth-order valence-electron chi connectivity index (χ4n) is 7.12. The van der Waals surface area contributed by atoms with Crippen LogP contribution in [0.2, 0.25) is 0 Å². The Labute approximate surface area is 448 Å². The van der Waals surface area contributed by atoms with Gasteiger partial charge in [-0.05, 0) is 122 Å². The monoisotopic (exact) mass is 1160 g/mol. The Balaban J connectivity index is 1.10. The molecule has 1 aromatic heterocycles. The van der Waals surface area contributed by atoms with E-state index in [0.29, 0.717) is 22.8 Å². The molecule has 412 valence electrons. The minimum Gasteiger partial charge on any atom is -0.480 e. The van der Waals surface area contributed by atoms with Gasteiger partial charge in [-0.3, -0.25) is 27.8 Å². The first kappa shape index (κ1) is 57.9. The Bertz CT molecular complexity index is 3710. The first-order valence-electron chi connectivity index (χ1n) is 22.4. The largest absolute Gasteiger partial charge is 0.480 e. The third-order valence-corrected chi connectivity index (χ3v) is 14.4. The third kappa shape index (κ3) is 16.1. The minimum absolute atomic E-state index is 0.0297. The fraction of sp³-hybridized carbons (Fsp3) is 0.178. The molecule has 0 fully saturated rings. The smallest absolute Gasteiger partial charge is 0.323 e. The van der Waals surface area contributed by atoms with E-state index in [2.05, 4.69) is 66.5 Å². The molecule has 0 bridgehead atoms. The minimum atomic E-state index is -4.88. The van der Waals surface area contributed by atoms with Gasteiger partial charge in [-0.2, -0.15) is 79.3 Å². The molecule has 2 unspecified atom stereocenters. The van der Waals surface area contributed by atoms with Crippen LogP contribution in [0, 0.1) is 11.8 Å². The summed E-state index contributed by atoms with van der Waals surface area (Å²) in [4.78, 5) is 35.6. The first-order valence-corrected chi connectivity index (χ1v) is 28.2. The summed E-state index contributed by atoms with van der Waals surface area (Å²) in [7, 11) is -18.7.